The third-order valence-corrected chi connectivity index (χ3v) is 6.12. The molecule has 28 heavy (non-hydrogen) atoms. The van der Waals surface area contributed by atoms with Crippen LogP contribution < -0.4 is 20.7 Å². The van der Waals surface area contributed by atoms with E-state index in [1.165, 1.54) is 39.9 Å². The second kappa shape index (κ2) is 6.82. The minimum absolute atomic E-state index is 0.0115. The Morgan fingerprint density at radius 2 is 1.50 bits per heavy atom. The van der Waals surface area contributed by atoms with Gasteiger partial charge in [0.2, 0.25) is 15.0 Å². The number of ether oxygens (including phenoxy) is 2. The number of hydrogen-bond acceptors (Lipinski definition) is 7. The highest BCUT2D eigenvalue weighted by Gasteiger charge is 2.26. The number of fused-ring (bicyclic) bond motifs is 1. The Balaban J connectivity index is 2.18. The zero-order valence-corrected chi connectivity index (χ0v) is 16.9. The molecule has 1 aromatic carbocycles. The molecule has 2 aromatic heterocycles. The van der Waals surface area contributed by atoms with Crippen LogP contribution in [0.1, 0.15) is 5.56 Å². The van der Waals surface area contributed by atoms with Gasteiger partial charge in [-0.15, -0.1) is 0 Å². The van der Waals surface area contributed by atoms with Crippen molar-refractivity contribution >= 4 is 21.0 Å². The van der Waals surface area contributed by atoms with E-state index in [0.717, 1.165) is 9.13 Å². The fourth-order valence-electron chi connectivity index (χ4n) is 3.01. The predicted octanol–water partition coefficient (Wildman–Crippen LogP) is -0.0382. The molecule has 11 heteroatoms. The molecule has 150 valence electrons. The second-order valence-corrected chi connectivity index (χ2v) is 8.19. The molecule has 0 fully saturated rings. The molecule has 3 rings (SSSR count). The Labute approximate surface area is 160 Å². The van der Waals surface area contributed by atoms with Gasteiger partial charge in [-0.3, -0.25) is 13.9 Å². The van der Waals surface area contributed by atoms with E-state index in [1.54, 1.807) is 18.2 Å². The van der Waals surface area contributed by atoms with Crippen LogP contribution in [-0.2, 0) is 36.7 Å². The molecule has 10 nitrogen and oxygen atoms in total. The summed E-state index contributed by atoms with van der Waals surface area (Å²) in [6.45, 7) is 0. The van der Waals surface area contributed by atoms with E-state index < -0.39 is 21.1 Å². The van der Waals surface area contributed by atoms with Crippen molar-refractivity contribution < 1.29 is 17.9 Å². The molecule has 0 N–H and O–H groups in total. The number of methoxy groups -OCH3 is 2. The zero-order valence-electron chi connectivity index (χ0n) is 16.1. The minimum Gasteiger partial charge on any atom is -0.497 e. The number of sulfone groups is 1. The van der Waals surface area contributed by atoms with Gasteiger partial charge < -0.3 is 14.0 Å². The smallest absolute Gasteiger partial charge is 0.332 e. The standard InChI is InChI=1S/C17H20N4O6S/c1-19-13-14(20(2)17(23)21(3)15(13)22)18-16(19)28(24,25)9-10-6-11(26-4)8-12(7-10)27-5/h6-8H,9H2,1-5H3. The van der Waals surface area contributed by atoms with E-state index in [-0.39, 0.29) is 22.1 Å². The molecule has 0 atom stereocenters. The summed E-state index contributed by atoms with van der Waals surface area (Å²) < 4.78 is 39.6. The maximum absolute atomic E-state index is 13.0. The quantitative estimate of drug-likeness (QED) is 0.582. The van der Waals surface area contributed by atoms with Crippen molar-refractivity contribution in [3.05, 3.63) is 44.6 Å². The molecule has 0 unspecified atom stereocenters. The van der Waals surface area contributed by atoms with Crippen molar-refractivity contribution in [2.75, 3.05) is 14.2 Å². The number of rotatable bonds is 5. The summed E-state index contributed by atoms with van der Waals surface area (Å²) in [4.78, 5) is 28.6. The number of aromatic nitrogens is 4. The highest BCUT2D eigenvalue weighted by atomic mass is 32.2. The fraction of sp³-hybridized carbons (Fsp3) is 0.353. The first kappa shape index (κ1) is 19.7. The topological polar surface area (TPSA) is 114 Å². The van der Waals surface area contributed by atoms with E-state index in [0.29, 0.717) is 17.1 Å². The van der Waals surface area contributed by atoms with Gasteiger partial charge in [0.1, 0.15) is 11.5 Å². The minimum atomic E-state index is -3.94. The van der Waals surface area contributed by atoms with Crippen molar-refractivity contribution in [1.29, 1.82) is 0 Å². The van der Waals surface area contributed by atoms with Gasteiger partial charge in [0.25, 0.3) is 5.56 Å². The first-order valence-electron chi connectivity index (χ1n) is 8.18. The average Bonchev–Trinajstić information content (AvgIpc) is 3.02. The van der Waals surface area contributed by atoms with Gasteiger partial charge in [-0.1, -0.05) is 0 Å². The molecular weight excluding hydrogens is 388 g/mol. The Hall–Kier alpha value is -3.08. The summed E-state index contributed by atoms with van der Waals surface area (Å²) in [6.07, 6.45) is 0. The summed E-state index contributed by atoms with van der Waals surface area (Å²) in [5.41, 5.74) is -0.719. The summed E-state index contributed by atoms with van der Waals surface area (Å²) in [6, 6.07) is 4.79. The number of nitrogens with zero attached hydrogens (tertiary/aromatic N) is 4. The molecule has 3 aromatic rings. The summed E-state index contributed by atoms with van der Waals surface area (Å²) >= 11 is 0. The van der Waals surface area contributed by atoms with Gasteiger partial charge in [-0.05, 0) is 17.7 Å². The number of aryl methyl sites for hydroxylation is 2. The van der Waals surface area contributed by atoms with Gasteiger partial charge in [0, 0.05) is 27.2 Å². The van der Waals surface area contributed by atoms with Crippen molar-refractivity contribution in [2.24, 2.45) is 21.1 Å². The Morgan fingerprint density at radius 3 is 2.04 bits per heavy atom. The number of imidazole rings is 1. The number of benzene rings is 1. The largest absolute Gasteiger partial charge is 0.497 e. The average molecular weight is 408 g/mol. The van der Waals surface area contributed by atoms with Gasteiger partial charge in [0.15, 0.2) is 11.2 Å². The maximum Gasteiger partial charge on any atom is 0.332 e. The van der Waals surface area contributed by atoms with E-state index in [9.17, 15) is 18.0 Å². The van der Waals surface area contributed by atoms with E-state index in [2.05, 4.69) is 4.98 Å². The van der Waals surface area contributed by atoms with Crippen LogP contribution in [0.4, 0.5) is 0 Å². The SMILES string of the molecule is COc1cc(CS(=O)(=O)c2nc3c(c(=O)n(C)c(=O)n3C)n2C)cc(OC)c1. The lowest BCUT2D eigenvalue weighted by molar-refractivity contribution is 0.393. The maximum atomic E-state index is 13.0. The molecule has 0 saturated heterocycles. The monoisotopic (exact) mass is 408 g/mol. The summed E-state index contributed by atoms with van der Waals surface area (Å²) in [5.74, 6) is 0.517. The molecular formula is C17H20N4O6S. The first-order chi connectivity index (χ1) is 13.1. The molecule has 0 spiro atoms. The molecule has 0 saturated carbocycles. The lowest BCUT2D eigenvalue weighted by Gasteiger charge is -2.09. The van der Waals surface area contributed by atoms with Crippen LogP contribution in [0.5, 0.6) is 11.5 Å². The van der Waals surface area contributed by atoms with Crippen molar-refractivity contribution in [3.8, 4) is 11.5 Å². The zero-order chi connectivity index (χ0) is 20.8. The van der Waals surface area contributed by atoms with Crippen LogP contribution in [0.2, 0.25) is 0 Å². The van der Waals surface area contributed by atoms with Gasteiger partial charge in [0.05, 0.1) is 20.0 Å². The molecule has 0 bridgehead atoms. The van der Waals surface area contributed by atoms with E-state index in [4.69, 9.17) is 9.47 Å². The third kappa shape index (κ3) is 3.07. The van der Waals surface area contributed by atoms with E-state index >= 15 is 0 Å². The lowest BCUT2D eigenvalue weighted by Crippen LogP contribution is -2.37. The molecule has 0 aliphatic rings. The second-order valence-electron chi connectivity index (χ2n) is 6.31. The van der Waals surface area contributed by atoms with Gasteiger partial charge in [-0.25, -0.2) is 13.2 Å². The molecule has 2 heterocycles. The van der Waals surface area contributed by atoms with Gasteiger partial charge in [-0.2, -0.15) is 4.98 Å². The summed E-state index contributed by atoms with van der Waals surface area (Å²) in [5, 5.41) is -0.303. The normalized spacial score (nSPS) is 11.8. The molecule has 0 radical (unpaired) electrons. The third-order valence-electron chi connectivity index (χ3n) is 4.48. The van der Waals surface area contributed by atoms with Gasteiger partial charge >= 0.3 is 5.69 Å². The first-order valence-corrected chi connectivity index (χ1v) is 9.83. The molecule has 0 aliphatic carbocycles. The van der Waals surface area contributed by atoms with Crippen LogP contribution in [-0.4, -0.2) is 41.3 Å². The van der Waals surface area contributed by atoms with E-state index in [1.807, 2.05) is 0 Å². The number of hydrogen-bond donors (Lipinski definition) is 0. The predicted molar refractivity (Wildman–Crippen MR) is 102 cm³/mol. The van der Waals surface area contributed by atoms with Crippen molar-refractivity contribution in [3.63, 3.8) is 0 Å². The molecule has 0 aliphatic heterocycles. The highest BCUT2D eigenvalue weighted by molar-refractivity contribution is 7.90. The Morgan fingerprint density at radius 1 is 0.929 bits per heavy atom. The van der Waals surface area contributed by atoms with Crippen LogP contribution in [0.3, 0.4) is 0 Å². The van der Waals surface area contributed by atoms with Crippen LogP contribution >= 0.6 is 0 Å². The lowest BCUT2D eigenvalue weighted by atomic mass is 10.2. The van der Waals surface area contributed by atoms with Crippen LogP contribution in [0, 0.1) is 0 Å². The Bertz CT molecular complexity index is 1280. The van der Waals surface area contributed by atoms with Crippen molar-refractivity contribution in [2.45, 2.75) is 10.9 Å². The van der Waals surface area contributed by atoms with Crippen LogP contribution in [0.15, 0.2) is 32.9 Å². The van der Waals surface area contributed by atoms with Crippen LogP contribution in [0.25, 0.3) is 11.2 Å². The Kier molecular flexibility index (Phi) is 4.79. The highest BCUT2D eigenvalue weighted by Crippen LogP contribution is 2.26. The summed E-state index contributed by atoms with van der Waals surface area (Å²) in [7, 11) is 3.19. The molecule has 0 amide bonds. The fourth-order valence-corrected chi connectivity index (χ4v) is 4.48. The van der Waals surface area contributed by atoms with Crippen molar-refractivity contribution in [1.82, 2.24) is 18.7 Å².